The molecule has 0 spiro atoms. The molecule has 6 nitrogen and oxygen atoms in total. The van der Waals surface area contributed by atoms with Gasteiger partial charge in [0.15, 0.2) is 0 Å². The van der Waals surface area contributed by atoms with Crippen molar-refractivity contribution in [3.63, 3.8) is 0 Å². The molecule has 0 radical (unpaired) electrons. The number of aryl methyl sites for hydroxylation is 1. The molecule has 0 fully saturated rings. The fourth-order valence-corrected chi connectivity index (χ4v) is 3.79. The number of amides is 1. The van der Waals surface area contributed by atoms with Crippen LogP contribution in [0.1, 0.15) is 34.6 Å². The van der Waals surface area contributed by atoms with Gasteiger partial charge in [0.05, 0.1) is 23.6 Å². The number of ether oxygens (including phenoxy) is 1. The molecule has 1 amide bonds. The molecule has 1 aromatic heterocycles. The summed E-state index contributed by atoms with van der Waals surface area (Å²) in [4.78, 5) is 30.5. The van der Waals surface area contributed by atoms with E-state index in [1.165, 1.54) is 16.3 Å². The first-order valence-electron chi connectivity index (χ1n) is 8.69. The van der Waals surface area contributed by atoms with Crippen molar-refractivity contribution in [3.8, 4) is 0 Å². The zero-order chi connectivity index (χ0) is 19.6. The monoisotopic (exact) mass is 383 g/mol. The fourth-order valence-electron chi connectivity index (χ4n) is 2.79. The normalized spacial score (nSPS) is 16.9. The number of hydrogen-bond acceptors (Lipinski definition) is 6. The van der Waals surface area contributed by atoms with E-state index in [4.69, 9.17) is 4.74 Å². The van der Waals surface area contributed by atoms with Gasteiger partial charge in [-0.05, 0) is 45.4 Å². The molecule has 1 aromatic carbocycles. The van der Waals surface area contributed by atoms with Crippen molar-refractivity contribution in [3.05, 3.63) is 46.3 Å². The zero-order valence-corrected chi connectivity index (χ0v) is 16.5. The Hall–Kier alpha value is -2.80. The second kappa shape index (κ2) is 7.84. The maximum atomic E-state index is 12.8. The molecular weight excluding hydrogens is 362 g/mol. The van der Waals surface area contributed by atoms with E-state index in [-0.39, 0.29) is 11.9 Å². The van der Waals surface area contributed by atoms with E-state index in [0.717, 1.165) is 10.4 Å². The summed E-state index contributed by atoms with van der Waals surface area (Å²) in [6.07, 6.45) is 1.57. The predicted octanol–water partition coefficient (Wildman–Crippen LogP) is 4.28. The first-order chi connectivity index (χ1) is 12.9. The highest BCUT2D eigenvalue weighted by Crippen LogP contribution is 2.35. The minimum absolute atomic E-state index is 0.162. The van der Waals surface area contributed by atoms with Crippen LogP contribution in [0.15, 0.2) is 40.4 Å². The van der Waals surface area contributed by atoms with Gasteiger partial charge in [-0.1, -0.05) is 18.2 Å². The molecule has 2 heterocycles. The van der Waals surface area contributed by atoms with E-state index in [1.807, 2.05) is 44.2 Å². The van der Waals surface area contributed by atoms with E-state index < -0.39 is 5.92 Å². The molecule has 0 saturated carbocycles. The van der Waals surface area contributed by atoms with Crippen LogP contribution in [0.3, 0.4) is 0 Å². The Bertz CT molecular complexity index is 931. The number of aliphatic imine (C=N–C) groups is 1. The fraction of sp³-hybridized carbons (Fsp3) is 0.300. The number of hydrogen-bond donors (Lipinski definition) is 0. The highest BCUT2D eigenvalue weighted by Gasteiger charge is 2.33. The van der Waals surface area contributed by atoms with E-state index in [9.17, 15) is 9.59 Å². The molecule has 0 bridgehead atoms. The lowest BCUT2D eigenvalue weighted by Crippen LogP contribution is -2.27. The second-order valence-electron chi connectivity index (χ2n) is 6.17. The number of benzene rings is 1. The second-order valence-corrected chi connectivity index (χ2v) is 7.37. The van der Waals surface area contributed by atoms with Crippen LogP contribution in [0.5, 0.6) is 0 Å². The average molecular weight is 383 g/mol. The number of esters is 1. The number of anilines is 1. The smallest absolute Gasteiger partial charge is 0.341 e. The Balaban J connectivity index is 1.87. The van der Waals surface area contributed by atoms with Crippen LogP contribution in [0.25, 0.3) is 0 Å². The lowest BCUT2D eigenvalue weighted by Gasteiger charge is -2.12. The number of rotatable bonds is 5. The standard InChI is InChI=1S/C20H21N3O3S/c1-5-26-20(25)17-12(2)14(4)27-18(17)21-11-16-13(3)22-23(19(16)24)15-9-7-6-8-10-15/h6-11,16H,5H2,1-4H3/t16-/m1/s1. The zero-order valence-electron chi connectivity index (χ0n) is 15.7. The summed E-state index contributed by atoms with van der Waals surface area (Å²) >= 11 is 1.41. The van der Waals surface area contributed by atoms with E-state index >= 15 is 0 Å². The van der Waals surface area contributed by atoms with E-state index in [1.54, 1.807) is 20.1 Å². The van der Waals surface area contributed by atoms with Gasteiger partial charge in [-0.3, -0.25) is 4.79 Å². The Kier molecular flexibility index (Phi) is 5.51. The number of thiophene rings is 1. The van der Waals surface area contributed by atoms with Gasteiger partial charge in [0.25, 0.3) is 5.91 Å². The predicted molar refractivity (Wildman–Crippen MR) is 108 cm³/mol. The number of hydrazone groups is 1. The van der Waals surface area contributed by atoms with Gasteiger partial charge >= 0.3 is 5.97 Å². The number of carbonyl (C=O) groups is 2. The van der Waals surface area contributed by atoms with Crippen molar-refractivity contribution in [2.24, 2.45) is 16.0 Å². The van der Waals surface area contributed by atoms with Crippen LogP contribution in [0, 0.1) is 19.8 Å². The molecule has 0 N–H and O–H groups in total. The lowest BCUT2D eigenvalue weighted by molar-refractivity contribution is -0.118. The van der Waals surface area contributed by atoms with Gasteiger partial charge in [0, 0.05) is 11.1 Å². The van der Waals surface area contributed by atoms with Crippen molar-refractivity contribution in [2.75, 3.05) is 11.6 Å². The summed E-state index contributed by atoms with van der Waals surface area (Å²) in [5.74, 6) is -1.10. The largest absolute Gasteiger partial charge is 0.462 e. The van der Waals surface area contributed by atoms with Gasteiger partial charge in [0.1, 0.15) is 10.9 Å². The maximum absolute atomic E-state index is 12.8. The molecule has 1 aliphatic rings. The topological polar surface area (TPSA) is 71.3 Å². The molecule has 3 rings (SSSR count). The summed E-state index contributed by atoms with van der Waals surface area (Å²) < 4.78 is 5.15. The van der Waals surface area contributed by atoms with Gasteiger partial charge in [0.2, 0.25) is 0 Å². The van der Waals surface area contributed by atoms with Crippen LogP contribution in [0.2, 0.25) is 0 Å². The molecule has 0 unspecified atom stereocenters. The number of nitrogens with zero attached hydrogens (tertiary/aromatic N) is 3. The number of para-hydroxylation sites is 1. The van der Waals surface area contributed by atoms with E-state index in [0.29, 0.717) is 28.6 Å². The van der Waals surface area contributed by atoms with Gasteiger partial charge < -0.3 is 4.74 Å². The Morgan fingerprint density at radius 2 is 2.00 bits per heavy atom. The first kappa shape index (κ1) is 19.0. The Labute approximate surface area is 162 Å². The number of carbonyl (C=O) groups excluding carboxylic acids is 2. The summed E-state index contributed by atoms with van der Waals surface area (Å²) in [5.41, 5.74) is 2.71. The Morgan fingerprint density at radius 3 is 2.67 bits per heavy atom. The molecule has 7 heteroatoms. The van der Waals surface area contributed by atoms with Gasteiger partial charge in [-0.2, -0.15) is 10.1 Å². The summed E-state index contributed by atoms with van der Waals surface area (Å²) in [5, 5.41) is 6.31. The molecule has 140 valence electrons. The van der Waals surface area contributed by atoms with E-state index in [2.05, 4.69) is 10.1 Å². The first-order valence-corrected chi connectivity index (χ1v) is 9.51. The van der Waals surface area contributed by atoms with Crippen molar-refractivity contribution in [1.29, 1.82) is 0 Å². The molecule has 27 heavy (non-hydrogen) atoms. The summed E-state index contributed by atoms with van der Waals surface area (Å²) in [7, 11) is 0. The van der Waals surface area contributed by atoms with Gasteiger partial charge in [-0.15, -0.1) is 11.3 Å². The highest BCUT2D eigenvalue weighted by atomic mass is 32.1. The molecule has 1 atom stereocenters. The third kappa shape index (κ3) is 3.68. The SMILES string of the molecule is CCOC(=O)c1c(N=C[C@H]2C(=O)N(c3ccccc3)N=C2C)sc(C)c1C. The molecule has 0 aliphatic carbocycles. The quantitative estimate of drug-likeness (QED) is 0.571. The summed E-state index contributed by atoms with van der Waals surface area (Å²) in [6.45, 7) is 7.68. The molecule has 1 aliphatic heterocycles. The molecule has 0 saturated heterocycles. The van der Waals surface area contributed by atoms with Crippen molar-refractivity contribution in [1.82, 2.24) is 0 Å². The van der Waals surface area contributed by atoms with Crippen molar-refractivity contribution >= 4 is 45.8 Å². The lowest BCUT2D eigenvalue weighted by atomic mass is 10.1. The molecular formula is C20H21N3O3S. The van der Waals surface area contributed by atoms with Crippen molar-refractivity contribution < 1.29 is 14.3 Å². The minimum atomic E-state index is -0.553. The third-order valence-electron chi connectivity index (χ3n) is 4.37. The highest BCUT2D eigenvalue weighted by molar-refractivity contribution is 7.16. The van der Waals surface area contributed by atoms with Crippen LogP contribution in [-0.4, -0.2) is 30.4 Å². The van der Waals surface area contributed by atoms with Crippen LogP contribution >= 0.6 is 11.3 Å². The van der Waals surface area contributed by atoms with Crippen LogP contribution in [0.4, 0.5) is 10.7 Å². The molecule has 2 aromatic rings. The van der Waals surface area contributed by atoms with Crippen molar-refractivity contribution in [2.45, 2.75) is 27.7 Å². The minimum Gasteiger partial charge on any atom is -0.462 e. The Morgan fingerprint density at radius 1 is 1.30 bits per heavy atom. The maximum Gasteiger partial charge on any atom is 0.341 e. The average Bonchev–Trinajstić information content (AvgIpc) is 3.10. The van der Waals surface area contributed by atoms with Gasteiger partial charge in [-0.25, -0.2) is 9.79 Å². The summed E-state index contributed by atoms with van der Waals surface area (Å²) in [6, 6.07) is 9.27. The van der Waals surface area contributed by atoms with Crippen LogP contribution in [-0.2, 0) is 9.53 Å². The third-order valence-corrected chi connectivity index (χ3v) is 5.49. The van der Waals surface area contributed by atoms with Crippen LogP contribution < -0.4 is 5.01 Å².